The Labute approximate surface area is 101 Å². The lowest BCUT2D eigenvalue weighted by molar-refractivity contribution is 0.682. The predicted molar refractivity (Wildman–Crippen MR) is 67.8 cm³/mol. The van der Waals surface area contributed by atoms with Crippen molar-refractivity contribution in [3.05, 3.63) is 40.3 Å². The molecule has 1 aromatic carbocycles. The van der Waals surface area contributed by atoms with Gasteiger partial charge in [-0.3, -0.25) is 4.21 Å². The molecule has 16 heavy (non-hydrogen) atoms. The van der Waals surface area contributed by atoms with Crippen molar-refractivity contribution >= 4 is 27.8 Å². The Bertz CT molecular complexity index is 509. The molecule has 0 aliphatic heterocycles. The summed E-state index contributed by atoms with van der Waals surface area (Å²) in [5.74, 6) is 0.473. The van der Waals surface area contributed by atoms with E-state index >= 15 is 0 Å². The maximum atomic E-state index is 12.0. The minimum atomic E-state index is -1.04. The smallest absolute Gasteiger partial charge is 0.105 e. The minimum Gasteiger partial charge on any atom is -0.399 e. The first-order chi connectivity index (χ1) is 7.66. The maximum absolute atomic E-state index is 12.0. The molecule has 2 rings (SSSR count). The van der Waals surface area contributed by atoms with Gasteiger partial charge in [0.05, 0.1) is 16.6 Å². The van der Waals surface area contributed by atoms with Crippen LogP contribution in [0.3, 0.4) is 0 Å². The summed E-state index contributed by atoms with van der Waals surface area (Å²) in [5, 5.41) is 2.79. The first-order valence-electron chi connectivity index (χ1n) is 4.79. The van der Waals surface area contributed by atoms with Gasteiger partial charge in [-0.05, 0) is 30.7 Å². The molecule has 0 radical (unpaired) electrons. The quantitative estimate of drug-likeness (QED) is 0.853. The number of hydrogen-bond donors (Lipinski definition) is 1. The second kappa shape index (κ2) is 4.76. The molecular weight excluding hydrogens is 240 g/mol. The summed E-state index contributed by atoms with van der Waals surface area (Å²) >= 11 is 1.52. The van der Waals surface area contributed by atoms with Crippen LogP contribution in [0.2, 0.25) is 0 Å². The monoisotopic (exact) mass is 252 g/mol. The molecule has 1 unspecified atom stereocenters. The number of nitrogen functional groups attached to an aromatic ring is 1. The fourth-order valence-electron chi connectivity index (χ4n) is 1.31. The Kier molecular flexibility index (Phi) is 3.36. The summed E-state index contributed by atoms with van der Waals surface area (Å²) in [5.41, 5.74) is 7.41. The van der Waals surface area contributed by atoms with Gasteiger partial charge in [-0.25, -0.2) is 4.98 Å². The van der Waals surface area contributed by atoms with Gasteiger partial charge in [0.2, 0.25) is 0 Å². The van der Waals surface area contributed by atoms with Crippen molar-refractivity contribution in [2.24, 2.45) is 0 Å². The SMILES string of the molecule is Cc1cc(S(=O)Cc2nccs2)ccc1N. The molecule has 84 valence electrons. The molecule has 0 bridgehead atoms. The van der Waals surface area contributed by atoms with Crippen LogP contribution in [0, 0.1) is 6.92 Å². The lowest BCUT2D eigenvalue weighted by Crippen LogP contribution is -1.98. The summed E-state index contributed by atoms with van der Waals surface area (Å²) < 4.78 is 12.0. The van der Waals surface area contributed by atoms with Crippen molar-refractivity contribution < 1.29 is 4.21 Å². The topological polar surface area (TPSA) is 56.0 Å². The minimum absolute atomic E-state index is 0.473. The number of benzene rings is 1. The number of aryl methyl sites for hydroxylation is 1. The van der Waals surface area contributed by atoms with Gasteiger partial charge in [0.15, 0.2) is 0 Å². The van der Waals surface area contributed by atoms with Gasteiger partial charge in [-0.15, -0.1) is 11.3 Å². The highest BCUT2D eigenvalue weighted by Crippen LogP contribution is 2.18. The van der Waals surface area contributed by atoms with E-state index in [0.717, 1.165) is 21.2 Å². The Balaban J connectivity index is 2.18. The standard InChI is InChI=1S/C11H12N2OS2/c1-8-6-9(2-3-10(8)12)16(14)7-11-13-4-5-15-11/h2-6H,7,12H2,1H3. The van der Waals surface area contributed by atoms with E-state index in [1.807, 2.05) is 24.4 Å². The molecule has 0 amide bonds. The zero-order chi connectivity index (χ0) is 11.5. The van der Waals surface area contributed by atoms with E-state index in [1.54, 1.807) is 12.3 Å². The molecule has 1 aromatic heterocycles. The van der Waals surface area contributed by atoms with E-state index in [1.165, 1.54) is 11.3 Å². The lowest BCUT2D eigenvalue weighted by Gasteiger charge is -2.04. The van der Waals surface area contributed by atoms with E-state index in [2.05, 4.69) is 4.98 Å². The predicted octanol–water partition coefficient (Wildman–Crippen LogP) is 2.34. The van der Waals surface area contributed by atoms with Crippen LogP contribution >= 0.6 is 11.3 Å². The van der Waals surface area contributed by atoms with E-state index in [0.29, 0.717) is 5.75 Å². The van der Waals surface area contributed by atoms with Crippen molar-refractivity contribution in [2.75, 3.05) is 5.73 Å². The number of nitrogens with two attached hydrogens (primary N) is 1. The largest absolute Gasteiger partial charge is 0.399 e. The Morgan fingerprint density at radius 3 is 2.94 bits per heavy atom. The van der Waals surface area contributed by atoms with E-state index in [9.17, 15) is 4.21 Å². The third-order valence-corrected chi connectivity index (χ3v) is 4.52. The van der Waals surface area contributed by atoms with Crippen LogP contribution in [0.15, 0.2) is 34.7 Å². The lowest BCUT2D eigenvalue weighted by atomic mass is 10.2. The molecular formula is C11H12N2OS2. The molecule has 2 N–H and O–H groups in total. The molecule has 5 heteroatoms. The summed E-state index contributed by atoms with van der Waals surface area (Å²) in [6, 6.07) is 5.48. The van der Waals surface area contributed by atoms with Gasteiger partial charge >= 0.3 is 0 Å². The Morgan fingerprint density at radius 2 is 2.31 bits per heavy atom. The van der Waals surface area contributed by atoms with Gasteiger partial charge in [0.1, 0.15) is 5.01 Å². The molecule has 2 aromatic rings. The van der Waals surface area contributed by atoms with Crippen molar-refractivity contribution in [2.45, 2.75) is 17.6 Å². The fraction of sp³-hybridized carbons (Fsp3) is 0.182. The highest BCUT2D eigenvalue weighted by Gasteiger charge is 2.07. The Hall–Kier alpha value is -1.20. The van der Waals surface area contributed by atoms with E-state index in [4.69, 9.17) is 5.73 Å². The second-order valence-corrected chi connectivity index (χ2v) is 5.86. The number of hydrogen-bond acceptors (Lipinski definition) is 4. The molecule has 1 heterocycles. The van der Waals surface area contributed by atoms with Crippen LogP contribution in [-0.4, -0.2) is 9.19 Å². The third kappa shape index (κ3) is 2.48. The molecule has 0 spiro atoms. The maximum Gasteiger partial charge on any atom is 0.105 e. The third-order valence-electron chi connectivity index (χ3n) is 2.24. The van der Waals surface area contributed by atoms with Crippen LogP contribution in [0.4, 0.5) is 5.69 Å². The number of nitrogens with zero attached hydrogens (tertiary/aromatic N) is 1. The number of aromatic nitrogens is 1. The molecule has 3 nitrogen and oxygen atoms in total. The summed E-state index contributed by atoms with van der Waals surface area (Å²) in [7, 11) is -1.04. The van der Waals surface area contributed by atoms with Crippen LogP contribution in [0.1, 0.15) is 10.6 Å². The molecule has 0 saturated heterocycles. The zero-order valence-corrected chi connectivity index (χ0v) is 10.5. The average molecular weight is 252 g/mol. The summed E-state index contributed by atoms with van der Waals surface area (Å²) in [6.45, 7) is 1.92. The zero-order valence-electron chi connectivity index (χ0n) is 8.84. The highest BCUT2D eigenvalue weighted by atomic mass is 32.2. The van der Waals surface area contributed by atoms with Crippen molar-refractivity contribution in [3.8, 4) is 0 Å². The van der Waals surface area contributed by atoms with Crippen molar-refractivity contribution in [3.63, 3.8) is 0 Å². The summed E-state index contributed by atoms with van der Waals surface area (Å²) in [6.07, 6.45) is 1.73. The molecule has 0 aliphatic rings. The van der Waals surface area contributed by atoms with Gasteiger partial charge in [0, 0.05) is 22.2 Å². The second-order valence-electron chi connectivity index (χ2n) is 3.43. The van der Waals surface area contributed by atoms with Gasteiger partial charge in [-0.2, -0.15) is 0 Å². The van der Waals surface area contributed by atoms with Gasteiger partial charge in [0.25, 0.3) is 0 Å². The first-order valence-corrected chi connectivity index (χ1v) is 6.99. The Morgan fingerprint density at radius 1 is 1.50 bits per heavy atom. The van der Waals surface area contributed by atoms with Crippen molar-refractivity contribution in [1.29, 1.82) is 0 Å². The van der Waals surface area contributed by atoms with Gasteiger partial charge < -0.3 is 5.73 Å². The summed E-state index contributed by atoms with van der Waals surface area (Å²) in [4.78, 5) is 4.93. The van der Waals surface area contributed by atoms with E-state index < -0.39 is 10.8 Å². The van der Waals surface area contributed by atoms with Gasteiger partial charge in [-0.1, -0.05) is 0 Å². The van der Waals surface area contributed by atoms with Crippen LogP contribution in [0.25, 0.3) is 0 Å². The molecule has 0 fully saturated rings. The normalized spacial score (nSPS) is 12.6. The molecule has 1 atom stereocenters. The van der Waals surface area contributed by atoms with Crippen LogP contribution in [-0.2, 0) is 16.6 Å². The number of anilines is 1. The molecule has 0 saturated carbocycles. The fourth-order valence-corrected chi connectivity index (χ4v) is 3.30. The number of thiazole rings is 1. The average Bonchev–Trinajstić information content (AvgIpc) is 2.74. The first kappa shape index (κ1) is 11.3. The van der Waals surface area contributed by atoms with E-state index in [-0.39, 0.29) is 0 Å². The van der Waals surface area contributed by atoms with Crippen LogP contribution < -0.4 is 5.73 Å². The van der Waals surface area contributed by atoms with Crippen molar-refractivity contribution in [1.82, 2.24) is 4.98 Å². The van der Waals surface area contributed by atoms with Crippen LogP contribution in [0.5, 0.6) is 0 Å². The molecule has 0 aliphatic carbocycles. The number of rotatable bonds is 3. The highest BCUT2D eigenvalue weighted by molar-refractivity contribution is 7.84.